The van der Waals surface area contributed by atoms with E-state index >= 15 is 0 Å². The van der Waals surface area contributed by atoms with Gasteiger partial charge in [-0.2, -0.15) is 0 Å². The van der Waals surface area contributed by atoms with Gasteiger partial charge in [-0.1, -0.05) is 16.3 Å². The molecule has 16 heavy (non-hydrogen) atoms. The molecule has 1 heterocycles. The molecule has 2 rings (SSSR count). The molecule has 0 N–H and O–H groups in total. The first-order valence-electron chi connectivity index (χ1n) is 4.38. The third-order valence-electron chi connectivity index (χ3n) is 1.87. The zero-order valence-electron chi connectivity index (χ0n) is 8.28. The topological polar surface area (TPSA) is 68.9 Å². The lowest BCUT2D eigenvalue weighted by Crippen LogP contribution is -1.86. The molecule has 0 aliphatic rings. The molecule has 5 nitrogen and oxygen atoms in total. The number of aromatic nitrogens is 2. The number of nitro benzene ring substituents is 1. The van der Waals surface area contributed by atoms with E-state index < -0.39 is 4.92 Å². The van der Waals surface area contributed by atoms with Crippen LogP contribution in [0, 0.1) is 17.0 Å². The number of nitro groups is 1. The summed E-state index contributed by atoms with van der Waals surface area (Å²) in [5, 5.41) is 14.4. The van der Waals surface area contributed by atoms with Crippen LogP contribution in [0.25, 0.3) is 0 Å². The van der Waals surface area contributed by atoms with E-state index in [0.29, 0.717) is 0 Å². The molecule has 0 radical (unpaired) electrons. The zero-order chi connectivity index (χ0) is 11.5. The summed E-state index contributed by atoms with van der Waals surface area (Å²) in [6.07, 6.45) is 0. The lowest BCUT2D eigenvalue weighted by molar-refractivity contribution is -0.384. The minimum absolute atomic E-state index is 0.100. The van der Waals surface area contributed by atoms with Crippen molar-refractivity contribution in [1.82, 2.24) is 9.59 Å². The van der Waals surface area contributed by atoms with Gasteiger partial charge >= 0.3 is 0 Å². The number of hydrogen-bond donors (Lipinski definition) is 0. The standard InChI is InChI=1S/C9H7N3O2S2/c1-6-9(16-11-10-6)15-8-4-2-7(3-5-8)12(13)14/h2-5H,1H3. The van der Waals surface area contributed by atoms with Crippen molar-refractivity contribution in [2.45, 2.75) is 16.0 Å². The third-order valence-corrected chi connectivity index (χ3v) is 3.95. The smallest absolute Gasteiger partial charge is 0.258 e. The maximum Gasteiger partial charge on any atom is 0.269 e. The Balaban J connectivity index is 2.17. The predicted molar refractivity (Wildman–Crippen MR) is 61.9 cm³/mol. The summed E-state index contributed by atoms with van der Waals surface area (Å²) in [5.74, 6) is 0. The first-order chi connectivity index (χ1) is 7.66. The summed E-state index contributed by atoms with van der Waals surface area (Å²) in [5.41, 5.74) is 0.983. The van der Waals surface area contributed by atoms with Crippen molar-refractivity contribution >= 4 is 29.0 Å². The summed E-state index contributed by atoms with van der Waals surface area (Å²) in [4.78, 5) is 11.0. The van der Waals surface area contributed by atoms with E-state index in [-0.39, 0.29) is 5.69 Å². The second kappa shape index (κ2) is 4.58. The SMILES string of the molecule is Cc1nnsc1Sc1ccc([N+](=O)[O-])cc1. The fourth-order valence-corrected chi connectivity index (χ4v) is 2.68. The number of hydrogen-bond acceptors (Lipinski definition) is 6. The normalized spacial score (nSPS) is 10.3. The number of benzene rings is 1. The quantitative estimate of drug-likeness (QED) is 0.621. The maximum atomic E-state index is 10.5. The van der Waals surface area contributed by atoms with Gasteiger partial charge in [-0.05, 0) is 30.6 Å². The van der Waals surface area contributed by atoms with Gasteiger partial charge in [0.2, 0.25) is 0 Å². The van der Waals surface area contributed by atoms with E-state index in [9.17, 15) is 10.1 Å². The molecule has 0 atom stereocenters. The second-order valence-corrected chi connectivity index (χ2v) is 5.10. The second-order valence-electron chi connectivity index (χ2n) is 3.00. The van der Waals surface area contributed by atoms with E-state index in [1.807, 2.05) is 6.92 Å². The fourth-order valence-electron chi connectivity index (χ4n) is 1.06. The molecule has 7 heteroatoms. The number of aryl methyl sites for hydroxylation is 1. The van der Waals surface area contributed by atoms with Gasteiger partial charge in [0.1, 0.15) is 4.21 Å². The van der Waals surface area contributed by atoms with Crippen LogP contribution in [0.15, 0.2) is 33.4 Å². The van der Waals surface area contributed by atoms with Crippen LogP contribution in [-0.4, -0.2) is 14.5 Å². The molecule has 0 saturated carbocycles. The Hall–Kier alpha value is -1.47. The molecule has 0 amide bonds. The van der Waals surface area contributed by atoms with E-state index in [0.717, 1.165) is 14.8 Å². The summed E-state index contributed by atoms with van der Waals surface area (Å²) < 4.78 is 4.83. The molecule has 0 saturated heterocycles. The van der Waals surface area contributed by atoms with Crippen molar-refractivity contribution in [3.05, 3.63) is 40.1 Å². The average Bonchev–Trinajstić information content (AvgIpc) is 2.65. The van der Waals surface area contributed by atoms with Gasteiger partial charge in [0.05, 0.1) is 10.6 Å². The summed E-state index contributed by atoms with van der Waals surface area (Å²) >= 11 is 2.84. The van der Waals surface area contributed by atoms with Gasteiger partial charge in [-0.3, -0.25) is 10.1 Å². The van der Waals surface area contributed by atoms with Crippen LogP contribution in [0.5, 0.6) is 0 Å². The van der Waals surface area contributed by atoms with Gasteiger partial charge in [-0.15, -0.1) is 5.10 Å². The van der Waals surface area contributed by atoms with Gasteiger partial charge in [0, 0.05) is 17.0 Å². The summed E-state index contributed by atoms with van der Waals surface area (Å²) in [6.45, 7) is 1.89. The van der Waals surface area contributed by atoms with Crippen LogP contribution in [-0.2, 0) is 0 Å². The largest absolute Gasteiger partial charge is 0.269 e. The highest BCUT2D eigenvalue weighted by Gasteiger charge is 2.08. The highest BCUT2D eigenvalue weighted by molar-refractivity contribution is 8.01. The van der Waals surface area contributed by atoms with E-state index in [1.54, 1.807) is 12.1 Å². The first kappa shape index (κ1) is 11.0. The van der Waals surface area contributed by atoms with Crippen molar-refractivity contribution < 1.29 is 4.92 Å². The molecule has 0 unspecified atom stereocenters. The molecule has 1 aromatic heterocycles. The Bertz CT molecular complexity index is 510. The Morgan fingerprint density at radius 1 is 1.38 bits per heavy atom. The van der Waals surface area contributed by atoms with Crippen molar-refractivity contribution in [2.24, 2.45) is 0 Å². The molecule has 0 spiro atoms. The Kier molecular flexibility index (Phi) is 3.16. The molecule has 0 bridgehead atoms. The molecule has 82 valence electrons. The molecule has 0 aliphatic heterocycles. The highest BCUT2D eigenvalue weighted by atomic mass is 32.2. The first-order valence-corrected chi connectivity index (χ1v) is 5.97. The highest BCUT2D eigenvalue weighted by Crippen LogP contribution is 2.32. The van der Waals surface area contributed by atoms with E-state index in [1.165, 1.54) is 35.4 Å². The van der Waals surface area contributed by atoms with Crippen molar-refractivity contribution in [1.29, 1.82) is 0 Å². The predicted octanol–water partition coefficient (Wildman–Crippen LogP) is 2.91. The number of non-ortho nitro benzene ring substituents is 1. The summed E-state index contributed by atoms with van der Waals surface area (Å²) in [7, 11) is 0. The molecule has 1 aromatic carbocycles. The van der Waals surface area contributed by atoms with Crippen molar-refractivity contribution in [3.63, 3.8) is 0 Å². The molecule has 0 aliphatic carbocycles. The summed E-state index contributed by atoms with van der Waals surface area (Å²) in [6, 6.07) is 6.43. The number of rotatable bonds is 3. The molecular formula is C9H7N3O2S2. The average molecular weight is 253 g/mol. The van der Waals surface area contributed by atoms with Crippen LogP contribution >= 0.6 is 23.3 Å². The fraction of sp³-hybridized carbons (Fsp3) is 0.111. The van der Waals surface area contributed by atoms with Gasteiger partial charge in [0.25, 0.3) is 5.69 Å². The zero-order valence-corrected chi connectivity index (χ0v) is 9.92. The van der Waals surface area contributed by atoms with Crippen LogP contribution < -0.4 is 0 Å². The van der Waals surface area contributed by atoms with Crippen LogP contribution in [0.2, 0.25) is 0 Å². The Morgan fingerprint density at radius 2 is 2.06 bits per heavy atom. The molecular weight excluding hydrogens is 246 g/mol. The minimum atomic E-state index is -0.409. The molecule has 0 fully saturated rings. The Labute approximate surface area is 99.8 Å². The van der Waals surface area contributed by atoms with Crippen LogP contribution in [0.1, 0.15) is 5.69 Å². The monoisotopic (exact) mass is 253 g/mol. The van der Waals surface area contributed by atoms with Gasteiger partial charge in [0.15, 0.2) is 0 Å². The lowest BCUT2D eigenvalue weighted by Gasteiger charge is -1.97. The van der Waals surface area contributed by atoms with Crippen LogP contribution in [0.3, 0.4) is 0 Å². The van der Waals surface area contributed by atoms with Crippen molar-refractivity contribution in [3.8, 4) is 0 Å². The van der Waals surface area contributed by atoms with E-state index in [4.69, 9.17) is 0 Å². The van der Waals surface area contributed by atoms with Gasteiger partial charge < -0.3 is 0 Å². The number of nitrogens with zero attached hydrogens (tertiary/aromatic N) is 3. The van der Waals surface area contributed by atoms with Gasteiger partial charge in [-0.25, -0.2) is 0 Å². The molecule has 2 aromatic rings. The Morgan fingerprint density at radius 3 is 2.56 bits per heavy atom. The maximum absolute atomic E-state index is 10.5. The van der Waals surface area contributed by atoms with Crippen molar-refractivity contribution in [2.75, 3.05) is 0 Å². The van der Waals surface area contributed by atoms with E-state index in [2.05, 4.69) is 9.59 Å². The lowest BCUT2D eigenvalue weighted by atomic mass is 10.3. The minimum Gasteiger partial charge on any atom is -0.258 e. The van der Waals surface area contributed by atoms with Crippen LogP contribution in [0.4, 0.5) is 5.69 Å². The third kappa shape index (κ3) is 2.37.